The van der Waals surface area contributed by atoms with Crippen molar-refractivity contribution in [2.45, 2.75) is 31.5 Å². The van der Waals surface area contributed by atoms with Crippen LogP contribution in [0, 0.1) is 11.3 Å². The van der Waals surface area contributed by atoms with Crippen LogP contribution in [-0.2, 0) is 16.0 Å². The van der Waals surface area contributed by atoms with Crippen LogP contribution >= 0.6 is 0 Å². The SMILES string of the molecule is C[C@H]1Oc2cccnc2N(C)C(=O)[C@H]1NC(=O)C1=NC(Cc2cccc(C#N)c2)C=C1F. The van der Waals surface area contributed by atoms with Crippen molar-refractivity contribution in [1.29, 1.82) is 5.26 Å². The summed E-state index contributed by atoms with van der Waals surface area (Å²) < 4.78 is 20.3. The first-order valence-corrected chi connectivity index (χ1v) is 10.0. The predicted molar refractivity (Wildman–Crippen MR) is 115 cm³/mol. The predicted octanol–water partition coefficient (Wildman–Crippen LogP) is 2.10. The second-order valence-electron chi connectivity index (χ2n) is 7.57. The summed E-state index contributed by atoms with van der Waals surface area (Å²) in [5.74, 6) is -1.23. The zero-order chi connectivity index (χ0) is 22.8. The van der Waals surface area contributed by atoms with Gasteiger partial charge in [0.2, 0.25) is 0 Å². The Balaban J connectivity index is 1.49. The van der Waals surface area contributed by atoms with Crippen LogP contribution in [0.1, 0.15) is 18.1 Å². The second kappa shape index (κ2) is 8.59. The van der Waals surface area contributed by atoms with Crippen LogP contribution < -0.4 is 15.0 Å². The van der Waals surface area contributed by atoms with Gasteiger partial charge >= 0.3 is 0 Å². The van der Waals surface area contributed by atoms with Gasteiger partial charge < -0.3 is 10.1 Å². The number of nitrogens with one attached hydrogen (secondary N) is 1. The number of benzene rings is 1. The van der Waals surface area contributed by atoms with Gasteiger partial charge in [-0.2, -0.15) is 5.26 Å². The van der Waals surface area contributed by atoms with Gasteiger partial charge in [0.25, 0.3) is 11.8 Å². The molecule has 0 saturated carbocycles. The summed E-state index contributed by atoms with van der Waals surface area (Å²) in [5.41, 5.74) is 0.928. The van der Waals surface area contributed by atoms with E-state index in [0.29, 0.717) is 23.6 Å². The molecule has 0 bridgehead atoms. The van der Waals surface area contributed by atoms with Crippen LogP contribution in [0.3, 0.4) is 0 Å². The van der Waals surface area contributed by atoms with Gasteiger partial charge in [-0.3, -0.25) is 19.5 Å². The largest absolute Gasteiger partial charge is 0.484 e. The lowest BCUT2D eigenvalue weighted by atomic mass is 10.0. The number of rotatable bonds is 4. The maximum absolute atomic E-state index is 14.5. The molecule has 0 saturated heterocycles. The number of likely N-dealkylation sites (N-methyl/N-ethyl adjacent to an activating group) is 1. The van der Waals surface area contributed by atoms with E-state index in [2.05, 4.69) is 21.4 Å². The molecule has 2 aromatic rings. The summed E-state index contributed by atoms with van der Waals surface area (Å²) in [7, 11) is 1.54. The fourth-order valence-corrected chi connectivity index (χ4v) is 3.69. The third-order valence-electron chi connectivity index (χ3n) is 5.31. The van der Waals surface area contributed by atoms with E-state index in [-0.39, 0.29) is 5.71 Å². The molecule has 2 aliphatic rings. The van der Waals surface area contributed by atoms with E-state index >= 15 is 0 Å². The summed E-state index contributed by atoms with van der Waals surface area (Å²) in [4.78, 5) is 35.4. The normalized spacial score (nSPS) is 22.1. The Morgan fingerprint density at radius 3 is 2.94 bits per heavy atom. The highest BCUT2D eigenvalue weighted by Gasteiger charge is 2.38. The van der Waals surface area contributed by atoms with Crippen molar-refractivity contribution in [1.82, 2.24) is 10.3 Å². The molecule has 4 rings (SSSR count). The molecule has 3 heterocycles. The summed E-state index contributed by atoms with van der Waals surface area (Å²) in [6.07, 6.45) is 2.42. The molecule has 162 valence electrons. The van der Waals surface area contributed by atoms with Crippen molar-refractivity contribution < 1.29 is 18.7 Å². The van der Waals surface area contributed by atoms with Gasteiger partial charge in [0.15, 0.2) is 23.1 Å². The van der Waals surface area contributed by atoms with E-state index in [4.69, 9.17) is 10.00 Å². The summed E-state index contributed by atoms with van der Waals surface area (Å²) in [5, 5.41) is 11.6. The average molecular weight is 433 g/mol. The Bertz CT molecular complexity index is 1190. The number of fused-ring (bicyclic) bond motifs is 1. The number of anilines is 1. The van der Waals surface area contributed by atoms with Crippen molar-refractivity contribution in [2.75, 3.05) is 11.9 Å². The Morgan fingerprint density at radius 2 is 2.16 bits per heavy atom. The molecular weight excluding hydrogens is 413 g/mol. The standard InChI is InChI=1S/C23H20FN5O3/c1-13-19(23(31)29(2)21-18(32-13)7-4-8-26-21)28-22(30)20-17(24)11-16(27-20)10-14-5-3-6-15(9-14)12-25/h3-9,11,13,16,19H,10H2,1-2H3,(H,28,30)/t13-,16?,19+/m1/s1. The van der Waals surface area contributed by atoms with Gasteiger partial charge in [-0.25, -0.2) is 9.37 Å². The maximum atomic E-state index is 14.5. The first kappa shape index (κ1) is 21.2. The van der Waals surface area contributed by atoms with Crippen molar-refractivity contribution in [3.8, 4) is 11.8 Å². The number of nitriles is 1. The monoisotopic (exact) mass is 433 g/mol. The van der Waals surface area contributed by atoms with E-state index in [1.54, 1.807) is 37.3 Å². The summed E-state index contributed by atoms with van der Waals surface area (Å²) >= 11 is 0. The molecule has 9 heteroatoms. The second-order valence-corrected chi connectivity index (χ2v) is 7.57. The molecule has 32 heavy (non-hydrogen) atoms. The van der Waals surface area contributed by atoms with E-state index in [1.807, 2.05) is 6.07 Å². The molecule has 8 nitrogen and oxygen atoms in total. The fourth-order valence-electron chi connectivity index (χ4n) is 3.69. The van der Waals surface area contributed by atoms with E-state index in [1.165, 1.54) is 24.2 Å². The first-order valence-electron chi connectivity index (χ1n) is 10.0. The van der Waals surface area contributed by atoms with Crippen LogP contribution in [0.15, 0.2) is 59.5 Å². The Labute approximate surface area is 184 Å². The average Bonchev–Trinajstić information content (AvgIpc) is 3.12. The molecule has 2 aliphatic heterocycles. The van der Waals surface area contributed by atoms with Crippen LogP contribution in [-0.4, -0.2) is 47.7 Å². The number of aliphatic imine (C=N–C) groups is 1. The molecule has 1 aromatic carbocycles. The Kier molecular flexibility index (Phi) is 5.69. The number of ether oxygens (including phenoxy) is 1. The summed E-state index contributed by atoms with van der Waals surface area (Å²) in [6, 6.07) is 10.7. The number of halogens is 1. The maximum Gasteiger partial charge on any atom is 0.273 e. The molecule has 1 unspecified atom stereocenters. The fraction of sp³-hybridized carbons (Fsp3) is 0.261. The van der Waals surface area contributed by atoms with Crippen molar-refractivity contribution in [3.05, 3.63) is 65.6 Å². The molecule has 0 fully saturated rings. The Hall–Kier alpha value is -4.06. The first-order chi connectivity index (χ1) is 15.4. The van der Waals surface area contributed by atoms with Gasteiger partial charge in [0, 0.05) is 13.2 Å². The van der Waals surface area contributed by atoms with Crippen molar-refractivity contribution >= 4 is 23.3 Å². The number of pyridine rings is 1. The number of nitrogens with zero attached hydrogens (tertiary/aromatic N) is 4. The van der Waals surface area contributed by atoms with Gasteiger partial charge in [0.05, 0.1) is 17.7 Å². The quantitative estimate of drug-likeness (QED) is 0.795. The van der Waals surface area contributed by atoms with E-state index < -0.39 is 35.8 Å². The van der Waals surface area contributed by atoms with Crippen LogP contribution in [0.25, 0.3) is 0 Å². The Morgan fingerprint density at radius 1 is 1.34 bits per heavy atom. The van der Waals surface area contributed by atoms with Crippen molar-refractivity contribution in [2.24, 2.45) is 4.99 Å². The lowest BCUT2D eigenvalue weighted by Gasteiger charge is -2.23. The number of carbonyl (C=O) groups is 2. The van der Waals surface area contributed by atoms with Crippen LogP contribution in [0.5, 0.6) is 5.75 Å². The van der Waals surface area contributed by atoms with E-state index in [9.17, 15) is 14.0 Å². The lowest BCUT2D eigenvalue weighted by molar-refractivity contribution is -0.126. The zero-order valence-corrected chi connectivity index (χ0v) is 17.4. The third kappa shape index (κ3) is 4.07. The summed E-state index contributed by atoms with van der Waals surface area (Å²) in [6.45, 7) is 1.65. The van der Waals surface area contributed by atoms with E-state index in [0.717, 1.165) is 5.56 Å². The third-order valence-corrected chi connectivity index (χ3v) is 5.31. The highest BCUT2D eigenvalue weighted by atomic mass is 19.1. The number of amides is 2. The van der Waals surface area contributed by atoms with Gasteiger partial charge in [-0.1, -0.05) is 12.1 Å². The van der Waals surface area contributed by atoms with Crippen LogP contribution in [0.4, 0.5) is 10.2 Å². The zero-order valence-electron chi connectivity index (χ0n) is 17.4. The van der Waals surface area contributed by atoms with Gasteiger partial charge in [-0.05, 0) is 49.2 Å². The number of hydrogen-bond donors (Lipinski definition) is 1. The molecule has 1 aromatic heterocycles. The van der Waals surface area contributed by atoms with Gasteiger partial charge in [-0.15, -0.1) is 0 Å². The minimum atomic E-state index is -1.05. The smallest absolute Gasteiger partial charge is 0.273 e. The topological polar surface area (TPSA) is 108 Å². The minimum Gasteiger partial charge on any atom is -0.484 e. The van der Waals surface area contributed by atoms with Gasteiger partial charge in [0.1, 0.15) is 12.1 Å². The number of hydrogen-bond acceptors (Lipinski definition) is 6. The number of aromatic nitrogens is 1. The highest BCUT2D eigenvalue weighted by molar-refractivity contribution is 6.45. The minimum absolute atomic E-state index is 0.338. The molecule has 0 aliphatic carbocycles. The molecular formula is C23H20FN5O3. The highest BCUT2D eigenvalue weighted by Crippen LogP contribution is 2.29. The molecule has 2 amide bonds. The molecule has 0 radical (unpaired) electrons. The molecule has 1 N–H and O–H groups in total. The van der Waals surface area contributed by atoms with Crippen LogP contribution in [0.2, 0.25) is 0 Å². The molecule has 0 spiro atoms. The molecule has 3 atom stereocenters. The lowest BCUT2D eigenvalue weighted by Crippen LogP contribution is -2.54. The van der Waals surface area contributed by atoms with Crippen molar-refractivity contribution in [3.63, 3.8) is 0 Å². The number of carbonyl (C=O) groups excluding carboxylic acids is 2.